The topological polar surface area (TPSA) is 64.0 Å². The number of carbonyl (C=O) groups excluding carboxylic acids is 1. The number of hydrogen-bond donors (Lipinski definition) is 1. The molecule has 138 valence electrons. The van der Waals surface area contributed by atoms with Gasteiger partial charge in [-0.1, -0.05) is 30.8 Å². The highest BCUT2D eigenvalue weighted by atomic mass is 32.2. The molecule has 1 amide bonds. The third-order valence-corrected chi connectivity index (χ3v) is 6.47. The molecule has 2 heterocycles. The van der Waals surface area contributed by atoms with Crippen molar-refractivity contribution < 1.29 is 4.79 Å². The largest absolute Gasteiger partial charge is 0.325 e. The van der Waals surface area contributed by atoms with E-state index in [4.69, 9.17) is 0 Å². The Labute approximate surface area is 162 Å². The number of anilines is 1. The van der Waals surface area contributed by atoms with Gasteiger partial charge in [-0.15, -0.1) is 11.8 Å². The van der Waals surface area contributed by atoms with Crippen LogP contribution in [-0.4, -0.2) is 26.5 Å². The number of hydrogen-bond acceptors (Lipinski definition) is 5. The minimum Gasteiger partial charge on any atom is -0.325 e. The third kappa shape index (κ3) is 3.99. The second kappa shape index (κ2) is 7.88. The highest BCUT2D eigenvalue weighted by Gasteiger charge is 2.26. The van der Waals surface area contributed by atoms with Crippen molar-refractivity contribution in [1.29, 1.82) is 0 Å². The molecule has 1 atom stereocenters. The molecule has 3 rings (SSSR count). The minimum atomic E-state index is -0.0937. The average Bonchev–Trinajstić information content (AvgIpc) is 2.97. The van der Waals surface area contributed by atoms with E-state index in [1.165, 1.54) is 11.8 Å². The van der Waals surface area contributed by atoms with Crippen molar-refractivity contribution in [2.24, 2.45) is 0 Å². The van der Waals surface area contributed by atoms with Crippen LogP contribution in [0.15, 0.2) is 33.0 Å². The quantitative estimate of drug-likeness (QED) is 0.625. The molecular weight excluding hydrogens is 366 g/mol. The number of amides is 1. The van der Waals surface area contributed by atoms with Gasteiger partial charge in [-0.3, -0.25) is 14.2 Å². The number of rotatable bonds is 5. The zero-order chi connectivity index (χ0) is 18.8. The smallest absolute Gasteiger partial charge is 0.268 e. The van der Waals surface area contributed by atoms with E-state index in [0.717, 1.165) is 33.8 Å². The Morgan fingerprint density at radius 3 is 2.92 bits per heavy atom. The van der Waals surface area contributed by atoms with E-state index >= 15 is 0 Å². The Bertz CT molecular complexity index is 908. The van der Waals surface area contributed by atoms with Gasteiger partial charge >= 0.3 is 0 Å². The minimum absolute atomic E-state index is 0.0179. The Morgan fingerprint density at radius 2 is 2.19 bits per heavy atom. The summed E-state index contributed by atoms with van der Waals surface area (Å²) >= 11 is 2.92. The SMILES string of the molecule is CCn1c(SCC(=O)Nc2cc(C)ccc2C)nc2c(c1=O)S[C@@H](C)C2. The number of benzene rings is 1. The molecule has 2 aromatic rings. The summed E-state index contributed by atoms with van der Waals surface area (Å²) in [5.74, 6) is 0.130. The fourth-order valence-electron chi connectivity index (χ4n) is 2.91. The predicted octanol–water partition coefficient (Wildman–Crippen LogP) is 3.65. The van der Waals surface area contributed by atoms with Gasteiger partial charge in [0.05, 0.1) is 16.3 Å². The third-order valence-electron chi connectivity index (χ3n) is 4.28. The number of nitrogens with one attached hydrogen (secondary N) is 1. The second-order valence-electron chi connectivity index (χ2n) is 6.51. The number of aryl methyl sites for hydroxylation is 2. The Balaban J connectivity index is 1.74. The first kappa shape index (κ1) is 19.0. The van der Waals surface area contributed by atoms with Gasteiger partial charge in [0.25, 0.3) is 5.56 Å². The van der Waals surface area contributed by atoms with Crippen molar-refractivity contribution >= 4 is 35.1 Å². The van der Waals surface area contributed by atoms with Crippen molar-refractivity contribution in [2.45, 2.75) is 56.0 Å². The Kier molecular flexibility index (Phi) is 5.77. The van der Waals surface area contributed by atoms with Gasteiger partial charge in [0.15, 0.2) is 5.16 Å². The monoisotopic (exact) mass is 389 g/mol. The predicted molar refractivity (Wildman–Crippen MR) is 108 cm³/mol. The van der Waals surface area contributed by atoms with Crippen LogP contribution in [0.4, 0.5) is 5.69 Å². The van der Waals surface area contributed by atoms with Crippen LogP contribution in [0.1, 0.15) is 30.7 Å². The van der Waals surface area contributed by atoms with E-state index in [-0.39, 0.29) is 17.2 Å². The molecule has 0 spiro atoms. The number of carbonyl (C=O) groups is 1. The maximum absolute atomic E-state index is 12.7. The molecule has 0 aliphatic carbocycles. The molecule has 1 aromatic carbocycles. The molecule has 1 N–H and O–H groups in total. The summed E-state index contributed by atoms with van der Waals surface area (Å²) in [7, 11) is 0. The molecule has 1 aromatic heterocycles. The molecule has 0 radical (unpaired) electrons. The fourth-order valence-corrected chi connectivity index (χ4v) is 4.90. The van der Waals surface area contributed by atoms with Crippen molar-refractivity contribution in [3.63, 3.8) is 0 Å². The average molecular weight is 390 g/mol. The summed E-state index contributed by atoms with van der Waals surface area (Å²) < 4.78 is 1.67. The standard InChI is InChI=1S/C19H23N3O2S2/c1-5-22-18(24)17-15(9-13(4)26-17)21-19(22)25-10-16(23)20-14-8-11(2)6-7-12(14)3/h6-8,13H,5,9-10H2,1-4H3,(H,20,23)/t13-/m0/s1. The molecule has 5 nitrogen and oxygen atoms in total. The summed E-state index contributed by atoms with van der Waals surface area (Å²) in [5.41, 5.74) is 3.85. The molecular formula is C19H23N3O2S2. The molecule has 26 heavy (non-hydrogen) atoms. The Hall–Kier alpha value is -1.73. The maximum atomic E-state index is 12.7. The summed E-state index contributed by atoms with van der Waals surface area (Å²) in [6.07, 6.45) is 0.808. The van der Waals surface area contributed by atoms with Crippen LogP contribution < -0.4 is 10.9 Å². The fraction of sp³-hybridized carbons (Fsp3) is 0.421. The van der Waals surface area contributed by atoms with Crippen LogP contribution in [0, 0.1) is 13.8 Å². The normalized spacial score (nSPS) is 15.8. The van der Waals surface area contributed by atoms with Crippen LogP contribution in [0.5, 0.6) is 0 Å². The molecule has 0 fully saturated rings. The lowest BCUT2D eigenvalue weighted by molar-refractivity contribution is -0.113. The lowest BCUT2D eigenvalue weighted by Crippen LogP contribution is -2.25. The van der Waals surface area contributed by atoms with Crippen LogP contribution in [0.2, 0.25) is 0 Å². The lowest BCUT2D eigenvalue weighted by Gasteiger charge is -2.12. The van der Waals surface area contributed by atoms with E-state index < -0.39 is 0 Å². The van der Waals surface area contributed by atoms with E-state index in [0.29, 0.717) is 17.0 Å². The van der Waals surface area contributed by atoms with Gasteiger partial charge < -0.3 is 5.32 Å². The zero-order valence-corrected chi connectivity index (χ0v) is 17.1. The van der Waals surface area contributed by atoms with Crippen molar-refractivity contribution in [3.8, 4) is 0 Å². The van der Waals surface area contributed by atoms with Crippen LogP contribution >= 0.6 is 23.5 Å². The van der Waals surface area contributed by atoms with Crippen LogP contribution in [0.25, 0.3) is 0 Å². The van der Waals surface area contributed by atoms with Crippen molar-refractivity contribution in [2.75, 3.05) is 11.1 Å². The lowest BCUT2D eigenvalue weighted by atomic mass is 10.1. The molecule has 0 saturated carbocycles. The first-order valence-electron chi connectivity index (χ1n) is 8.69. The summed E-state index contributed by atoms with van der Waals surface area (Å²) in [4.78, 5) is 30.5. The van der Waals surface area contributed by atoms with E-state index in [9.17, 15) is 9.59 Å². The van der Waals surface area contributed by atoms with Crippen molar-refractivity contribution in [3.05, 3.63) is 45.4 Å². The molecule has 0 unspecified atom stereocenters. The van der Waals surface area contributed by atoms with E-state index in [2.05, 4.69) is 17.2 Å². The number of fused-ring (bicyclic) bond motifs is 1. The maximum Gasteiger partial charge on any atom is 0.268 e. The first-order chi connectivity index (χ1) is 12.4. The number of thioether (sulfide) groups is 2. The van der Waals surface area contributed by atoms with Gasteiger partial charge in [0, 0.05) is 23.9 Å². The van der Waals surface area contributed by atoms with Crippen molar-refractivity contribution in [1.82, 2.24) is 9.55 Å². The molecule has 0 bridgehead atoms. The van der Waals surface area contributed by atoms with Gasteiger partial charge in [0.1, 0.15) is 0 Å². The molecule has 1 aliphatic rings. The highest BCUT2D eigenvalue weighted by molar-refractivity contribution is 8.00. The summed E-state index contributed by atoms with van der Waals surface area (Å²) in [6.45, 7) is 8.55. The summed E-state index contributed by atoms with van der Waals surface area (Å²) in [5, 5.41) is 3.96. The zero-order valence-electron chi connectivity index (χ0n) is 15.5. The summed E-state index contributed by atoms with van der Waals surface area (Å²) in [6, 6.07) is 5.98. The van der Waals surface area contributed by atoms with Gasteiger partial charge in [-0.2, -0.15) is 0 Å². The number of nitrogens with zero attached hydrogens (tertiary/aromatic N) is 2. The number of aromatic nitrogens is 2. The molecule has 0 saturated heterocycles. The van der Waals surface area contributed by atoms with Gasteiger partial charge in [-0.25, -0.2) is 4.98 Å². The van der Waals surface area contributed by atoms with E-state index in [1.807, 2.05) is 39.0 Å². The highest BCUT2D eigenvalue weighted by Crippen LogP contribution is 2.34. The van der Waals surface area contributed by atoms with Gasteiger partial charge in [0.2, 0.25) is 5.91 Å². The van der Waals surface area contributed by atoms with Gasteiger partial charge in [-0.05, 0) is 38.0 Å². The first-order valence-corrected chi connectivity index (χ1v) is 10.6. The molecule has 7 heteroatoms. The Morgan fingerprint density at radius 1 is 1.42 bits per heavy atom. The molecule has 1 aliphatic heterocycles. The van der Waals surface area contributed by atoms with E-state index in [1.54, 1.807) is 16.3 Å². The van der Waals surface area contributed by atoms with Crippen LogP contribution in [0.3, 0.4) is 0 Å². The second-order valence-corrected chi connectivity index (χ2v) is 8.90. The van der Waals surface area contributed by atoms with Crippen LogP contribution in [-0.2, 0) is 17.8 Å².